The molecule has 2 N–H and O–H groups in total. The number of cyclic esters (lactones) is 1. The number of carbonyl (C=O) groups excluding carboxylic acids is 4. The van der Waals surface area contributed by atoms with Crippen molar-refractivity contribution < 1.29 is 28.7 Å². The van der Waals surface area contributed by atoms with E-state index in [1.54, 1.807) is 20.4 Å². The summed E-state index contributed by atoms with van der Waals surface area (Å²) in [6, 6.07) is 7.71. The zero-order valence-electron chi connectivity index (χ0n) is 39.4. The number of nitrogens with zero attached hydrogens (tertiary/aromatic N) is 7. The van der Waals surface area contributed by atoms with Crippen LogP contribution in [0.15, 0.2) is 41.9 Å². The zero-order valence-corrected chi connectivity index (χ0v) is 40.3. The van der Waals surface area contributed by atoms with E-state index in [1.165, 1.54) is 21.2 Å². The summed E-state index contributed by atoms with van der Waals surface area (Å²) in [6.07, 6.45) is 3.30. The van der Waals surface area contributed by atoms with Crippen molar-refractivity contribution in [3.8, 4) is 22.5 Å². The Kier molecular flexibility index (Phi) is 14.2. The summed E-state index contributed by atoms with van der Waals surface area (Å²) in [5.41, 5.74) is 9.40. The van der Waals surface area contributed by atoms with Gasteiger partial charge in [-0.3, -0.25) is 29.3 Å². The summed E-state index contributed by atoms with van der Waals surface area (Å²) in [7, 11) is 5.41. The third kappa shape index (κ3) is 9.56. The number of esters is 1. The molecule has 0 radical (unpaired) electrons. The third-order valence-corrected chi connectivity index (χ3v) is 14.2. The number of rotatable bonds is 8. The first kappa shape index (κ1) is 47.1. The molecular weight excluding hydrogens is 831 g/mol. The van der Waals surface area contributed by atoms with Gasteiger partial charge in [0.15, 0.2) is 0 Å². The number of methoxy groups -OCH3 is 1. The van der Waals surface area contributed by atoms with E-state index in [1.807, 2.05) is 44.0 Å². The number of aromatic nitrogens is 3. The minimum Gasteiger partial charge on any atom is -0.464 e. The molecule has 7 rings (SSSR count). The number of nitrogens with one attached hydrogen (secondary N) is 2. The normalized spacial score (nSPS) is 23.1. The number of aryl methyl sites for hydroxylation is 1. The van der Waals surface area contributed by atoms with Crippen molar-refractivity contribution in [2.45, 2.75) is 124 Å². The molecule has 0 spiro atoms. The van der Waals surface area contributed by atoms with Crippen molar-refractivity contribution >= 4 is 46.1 Å². The summed E-state index contributed by atoms with van der Waals surface area (Å²) in [5.74, 6) is -1.52. The zero-order chi connectivity index (χ0) is 46.2. The molecule has 2 fully saturated rings. The van der Waals surface area contributed by atoms with E-state index in [0.717, 1.165) is 51.2 Å². The number of ether oxygens (including phenoxy) is 2. The summed E-state index contributed by atoms with van der Waals surface area (Å²) in [4.78, 5) is 72.6. The van der Waals surface area contributed by atoms with E-state index < -0.39 is 35.4 Å². The van der Waals surface area contributed by atoms with Crippen LogP contribution in [-0.4, -0.2) is 136 Å². The van der Waals surface area contributed by atoms with Gasteiger partial charge in [-0.2, -0.15) is 0 Å². The van der Waals surface area contributed by atoms with Gasteiger partial charge in [-0.15, -0.1) is 11.3 Å². The average Bonchev–Trinajstić information content (AvgIpc) is 3.86. The lowest BCUT2D eigenvalue weighted by Gasteiger charge is -2.45. The van der Waals surface area contributed by atoms with Crippen LogP contribution >= 0.6 is 11.3 Å². The van der Waals surface area contributed by atoms with Crippen molar-refractivity contribution in [1.82, 2.24) is 45.0 Å². The number of amides is 4. The highest BCUT2D eigenvalue weighted by atomic mass is 32.1. The predicted octanol–water partition coefficient (Wildman–Crippen LogP) is 6.30. The first-order valence-corrected chi connectivity index (χ1v) is 23.7. The van der Waals surface area contributed by atoms with Gasteiger partial charge in [-0.25, -0.2) is 15.2 Å². The molecule has 0 unspecified atom stereocenters. The molecule has 4 aromatic rings. The van der Waals surface area contributed by atoms with Crippen LogP contribution in [0.5, 0.6) is 0 Å². The average molecular weight is 898 g/mol. The largest absolute Gasteiger partial charge is 0.464 e. The topological polar surface area (TPSA) is 154 Å². The molecule has 16 heteroatoms. The number of urea groups is 1. The fraction of sp³-hybridized carbons (Fsp3) is 0.583. The molecule has 64 heavy (non-hydrogen) atoms. The molecular formula is C48H67N9O6S. The van der Waals surface area contributed by atoms with E-state index in [2.05, 4.69) is 79.2 Å². The van der Waals surface area contributed by atoms with Gasteiger partial charge in [0.2, 0.25) is 5.91 Å². The van der Waals surface area contributed by atoms with Crippen molar-refractivity contribution in [2.24, 2.45) is 11.3 Å². The maximum atomic E-state index is 14.6. The molecule has 3 aliphatic heterocycles. The Bertz CT molecular complexity index is 2360. The summed E-state index contributed by atoms with van der Waals surface area (Å²) in [6.45, 7) is 18.7. The molecule has 0 saturated carbocycles. The lowest BCUT2D eigenvalue weighted by Crippen LogP contribution is -2.64. The maximum absolute atomic E-state index is 14.6. The molecule has 15 nitrogen and oxygen atoms in total. The monoisotopic (exact) mass is 897 g/mol. The van der Waals surface area contributed by atoms with Gasteiger partial charge in [0.25, 0.3) is 5.91 Å². The molecule has 346 valence electrons. The van der Waals surface area contributed by atoms with Gasteiger partial charge in [0, 0.05) is 97.9 Å². The van der Waals surface area contributed by atoms with E-state index in [-0.39, 0.29) is 49.1 Å². The number of hydrogen-bond acceptors (Lipinski definition) is 11. The first-order chi connectivity index (χ1) is 30.4. The molecule has 3 aliphatic rings. The first-order valence-electron chi connectivity index (χ1n) is 22.8. The molecule has 6 bridgehead atoms. The highest BCUT2D eigenvalue weighted by Gasteiger charge is 2.40. The van der Waals surface area contributed by atoms with Gasteiger partial charge >= 0.3 is 12.0 Å². The number of benzene rings is 1. The molecule has 2 saturated heterocycles. The molecule has 6 heterocycles. The number of likely N-dealkylation sites (N-methyl/N-ethyl adjacent to an activating group) is 2. The van der Waals surface area contributed by atoms with Gasteiger partial charge in [-0.1, -0.05) is 33.8 Å². The van der Waals surface area contributed by atoms with Gasteiger partial charge in [-0.05, 0) is 89.8 Å². The number of thiazole rings is 1. The predicted molar refractivity (Wildman–Crippen MR) is 249 cm³/mol. The van der Waals surface area contributed by atoms with E-state index >= 15 is 0 Å². The van der Waals surface area contributed by atoms with Crippen LogP contribution in [0, 0.1) is 11.3 Å². The number of hydrogen-bond donors (Lipinski definition) is 2. The fourth-order valence-electron chi connectivity index (χ4n) is 9.63. The molecule has 4 amide bonds. The van der Waals surface area contributed by atoms with Crippen LogP contribution < -0.4 is 10.7 Å². The minimum absolute atomic E-state index is 0.0370. The number of carbonyl (C=O) groups is 4. The smallest absolute Gasteiger partial charge is 0.324 e. The Hall–Kier alpha value is -4.90. The van der Waals surface area contributed by atoms with Crippen LogP contribution in [0.25, 0.3) is 33.4 Å². The van der Waals surface area contributed by atoms with Gasteiger partial charge < -0.3 is 29.2 Å². The molecule has 3 aromatic heterocycles. The number of piperazine rings is 1. The Morgan fingerprint density at radius 3 is 2.61 bits per heavy atom. The summed E-state index contributed by atoms with van der Waals surface area (Å²) >= 11 is 1.43. The second kappa shape index (κ2) is 19.3. The van der Waals surface area contributed by atoms with Crippen molar-refractivity contribution in [3.63, 3.8) is 0 Å². The van der Waals surface area contributed by atoms with Crippen LogP contribution in [-0.2, 0) is 43.2 Å². The lowest BCUT2D eigenvalue weighted by atomic mass is 9.84. The van der Waals surface area contributed by atoms with Gasteiger partial charge in [0.05, 0.1) is 34.8 Å². The Labute approximate surface area is 381 Å². The Balaban J connectivity index is 1.28. The van der Waals surface area contributed by atoms with E-state index in [0.29, 0.717) is 43.9 Å². The number of fused-ring (bicyclic) bond motifs is 6. The van der Waals surface area contributed by atoms with Crippen molar-refractivity contribution in [3.05, 3.63) is 58.2 Å². The van der Waals surface area contributed by atoms with Crippen molar-refractivity contribution in [1.29, 1.82) is 0 Å². The molecule has 1 aromatic carbocycles. The molecule has 0 aliphatic carbocycles. The van der Waals surface area contributed by atoms with E-state index in [4.69, 9.17) is 19.4 Å². The standard InChI is InChI=1S/C48H67N9O6S/c1-12-55-39-18-17-32-21-34(39)35(43(55)33-15-13-19-49-41(33)31(6)62-11)23-48(7,8)27-63-46(60)36-16-14-20-57(52-36)45(59)37(22-40-50-38(32)26-64-40)51-44(58)42(28(2)3)54(10)47(61)56-25-29(4)53(9)24-30(56)5/h13,15,17-19,21,26,28-31,36-37,42,52H,12,14,16,20,22-25,27H2,1-11H3,(H,51,58)/t29-,30-,31-,36-,37-,42-/m0/s1. The Morgan fingerprint density at radius 2 is 1.89 bits per heavy atom. The minimum atomic E-state index is -1.04. The Morgan fingerprint density at radius 1 is 1.12 bits per heavy atom. The third-order valence-electron chi connectivity index (χ3n) is 13.3. The second-order valence-corrected chi connectivity index (χ2v) is 20.1. The lowest BCUT2D eigenvalue weighted by molar-refractivity contribution is -0.155. The fourth-order valence-corrected chi connectivity index (χ4v) is 10.5. The van der Waals surface area contributed by atoms with Gasteiger partial charge in [0.1, 0.15) is 18.1 Å². The SMILES string of the molecule is CCn1c(-c2cccnc2[C@H](C)OC)c2c3cc(ccc31)-c1csc(n1)C[C@H](NC(=O)[C@H](C(C)C)N(C)C(=O)N1C[C@H](C)N(C)C[C@@H]1C)C(=O)N1CCC[C@H](N1)C(=O)OCC(C)(C)C2. The molecule has 6 atom stereocenters. The second-order valence-electron chi connectivity index (χ2n) is 19.1. The summed E-state index contributed by atoms with van der Waals surface area (Å²) < 4.78 is 14.3. The van der Waals surface area contributed by atoms with E-state index in [9.17, 15) is 19.2 Å². The highest BCUT2D eigenvalue weighted by molar-refractivity contribution is 7.10. The highest BCUT2D eigenvalue weighted by Crippen LogP contribution is 2.42. The quantitative estimate of drug-likeness (QED) is 0.193. The van der Waals surface area contributed by atoms with Crippen LogP contribution in [0.4, 0.5) is 4.79 Å². The van der Waals surface area contributed by atoms with Crippen LogP contribution in [0.1, 0.15) is 90.6 Å². The summed E-state index contributed by atoms with van der Waals surface area (Å²) in [5, 5.41) is 8.24. The number of pyridine rings is 1. The van der Waals surface area contributed by atoms with Crippen LogP contribution in [0.2, 0.25) is 0 Å². The maximum Gasteiger partial charge on any atom is 0.324 e. The number of hydrazine groups is 1. The van der Waals surface area contributed by atoms with Crippen molar-refractivity contribution in [2.75, 3.05) is 47.4 Å². The van der Waals surface area contributed by atoms with Crippen LogP contribution in [0.3, 0.4) is 0 Å².